The van der Waals surface area contributed by atoms with E-state index in [1.165, 1.54) is 6.07 Å². The van der Waals surface area contributed by atoms with Gasteiger partial charge in [0, 0.05) is 11.8 Å². The average Bonchev–Trinajstić information content (AvgIpc) is 2.45. The van der Waals surface area contributed by atoms with Gasteiger partial charge in [0.15, 0.2) is 19.7 Å². The third-order valence-corrected chi connectivity index (χ3v) is 7.78. The first-order valence-electron chi connectivity index (χ1n) is 7.31. The maximum absolute atomic E-state index is 12.8. The zero-order valence-electron chi connectivity index (χ0n) is 13.6. The minimum Gasteiger partial charge on any atom is -0.276 e. The van der Waals surface area contributed by atoms with E-state index in [1.807, 2.05) is 0 Å². The fraction of sp³-hybridized carbons (Fsp3) is 0.533. The topological polar surface area (TPSA) is 85.3 Å². The Bertz CT molecular complexity index is 807. The van der Waals surface area contributed by atoms with Crippen LogP contribution in [0.2, 0.25) is 0 Å². The van der Waals surface area contributed by atoms with E-state index in [0.717, 1.165) is 12.3 Å². The van der Waals surface area contributed by atoms with Crippen molar-refractivity contribution in [3.63, 3.8) is 0 Å². The van der Waals surface area contributed by atoms with Crippen molar-refractivity contribution in [1.82, 2.24) is 0 Å². The van der Waals surface area contributed by atoms with Gasteiger partial charge in [-0.25, -0.2) is 16.8 Å². The second-order valence-corrected chi connectivity index (χ2v) is 9.86. The summed E-state index contributed by atoms with van der Waals surface area (Å²) in [5.41, 5.74) is 0.444. The van der Waals surface area contributed by atoms with Crippen LogP contribution < -0.4 is 0 Å². The molecule has 0 amide bonds. The number of benzene rings is 1. The molecule has 0 aliphatic heterocycles. The molecule has 0 spiro atoms. The quantitative estimate of drug-likeness (QED) is 0.679. The monoisotopic (exact) mass is 380 g/mol. The number of hydrogen-bond acceptors (Lipinski definition) is 5. The highest BCUT2D eigenvalue weighted by Gasteiger charge is 2.31. The molecular weight excluding hydrogens is 360 g/mol. The fourth-order valence-electron chi connectivity index (χ4n) is 2.50. The van der Waals surface area contributed by atoms with Crippen LogP contribution in [0.4, 0.5) is 0 Å². The molecule has 0 N–H and O–H groups in total. The Morgan fingerprint density at radius 2 is 1.57 bits per heavy atom. The lowest BCUT2D eigenvalue weighted by molar-refractivity contribution is 0.108. The molecule has 1 rings (SSSR count). The molecule has 0 atom stereocenters. The van der Waals surface area contributed by atoms with Crippen molar-refractivity contribution in [1.29, 1.82) is 0 Å². The van der Waals surface area contributed by atoms with Crippen molar-refractivity contribution in [2.75, 3.05) is 6.26 Å². The maximum atomic E-state index is 12.8. The lowest BCUT2D eigenvalue weighted by Crippen LogP contribution is -2.22. The van der Waals surface area contributed by atoms with Crippen molar-refractivity contribution in [3.05, 3.63) is 23.3 Å². The smallest absolute Gasteiger partial charge is 0.252 e. The number of aryl methyl sites for hydroxylation is 1. The minimum absolute atomic E-state index is 0.0260. The van der Waals surface area contributed by atoms with Crippen molar-refractivity contribution in [2.45, 2.75) is 55.1 Å². The molecule has 0 unspecified atom stereocenters. The second kappa shape index (κ2) is 7.32. The molecule has 0 aromatic heterocycles. The third-order valence-electron chi connectivity index (χ3n) is 3.82. The van der Waals surface area contributed by atoms with Gasteiger partial charge in [-0.2, -0.15) is 0 Å². The molecule has 0 bridgehead atoms. The number of sulfone groups is 2. The van der Waals surface area contributed by atoms with Gasteiger partial charge in [0.2, 0.25) is 0 Å². The normalized spacial score (nSPS) is 12.6. The van der Waals surface area contributed by atoms with Crippen LogP contribution in [-0.4, -0.2) is 33.6 Å². The lowest BCUT2D eigenvalue weighted by Gasteiger charge is -2.18. The highest BCUT2D eigenvalue weighted by molar-refractivity contribution is 7.94. The average molecular weight is 381 g/mol. The molecule has 130 valence electrons. The number of rotatable bonds is 7. The molecule has 0 aliphatic carbocycles. The van der Waals surface area contributed by atoms with Gasteiger partial charge in [0.25, 0.3) is 5.24 Å². The van der Waals surface area contributed by atoms with Crippen LogP contribution in [0.3, 0.4) is 0 Å². The Kier molecular flexibility index (Phi) is 6.40. The SMILES string of the molecule is CCc1cc(S(=O)(=O)C(CC)CC)c(S(C)(=O)=O)cc1C(=O)Cl. The molecule has 5 nitrogen and oxygen atoms in total. The Hall–Kier alpha value is -0.920. The van der Waals surface area contributed by atoms with Gasteiger partial charge in [-0.05, 0) is 48.6 Å². The summed E-state index contributed by atoms with van der Waals surface area (Å²) in [6, 6.07) is 2.36. The summed E-state index contributed by atoms with van der Waals surface area (Å²) in [5, 5.41) is -1.48. The van der Waals surface area contributed by atoms with Crippen LogP contribution in [0.15, 0.2) is 21.9 Å². The zero-order valence-corrected chi connectivity index (χ0v) is 16.0. The lowest BCUT2D eigenvalue weighted by atomic mass is 10.1. The highest BCUT2D eigenvalue weighted by Crippen LogP contribution is 2.31. The zero-order chi connectivity index (χ0) is 18.0. The van der Waals surface area contributed by atoms with Gasteiger partial charge >= 0.3 is 0 Å². The van der Waals surface area contributed by atoms with E-state index in [4.69, 9.17) is 11.6 Å². The Balaban J connectivity index is 3.88. The van der Waals surface area contributed by atoms with Crippen LogP contribution >= 0.6 is 11.6 Å². The first kappa shape index (κ1) is 20.1. The molecule has 1 aromatic carbocycles. The molecule has 8 heteroatoms. The van der Waals surface area contributed by atoms with Crippen molar-refractivity contribution in [2.24, 2.45) is 0 Å². The number of carbonyl (C=O) groups excluding carboxylic acids is 1. The second-order valence-electron chi connectivity index (χ2n) is 5.34. The summed E-state index contributed by atoms with van der Waals surface area (Å²) in [4.78, 5) is 10.9. The Labute approximate surface area is 142 Å². The molecular formula is C15H21ClO5S2. The maximum Gasteiger partial charge on any atom is 0.252 e. The van der Waals surface area contributed by atoms with Gasteiger partial charge in [0.05, 0.1) is 15.0 Å². The van der Waals surface area contributed by atoms with Crippen molar-refractivity contribution < 1.29 is 21.6 Å². The van der Waals surface area contributed by atoms with Crippen LogP contribution in [0.25, 0.3) is 0 Å². The van der Waals surface area contributed by atoms with Gasteiger partial charge in [-0.1, -0.05) is 20.8 Å². The van der Waals surface area contributed by atoms with Gasteiger partial charge < -0.3 is 0 Å². The van der Waals surface area contributed by atoms with Gasteiger partial charge in [-0.3, -0.25) is 4.79 Å². The first-order valence-corrected chi connectivity index (χ1v) is 11.1. The summed E-state index contributed by atoms with van der Waals surface area (Å²) in [7, 11) is -7.66. The number of carbonyl (C=O) groups is 1. The number of hydrogen-bond donors (Lipinski definition) is 0. The van der Waals surface area contributed by atoms with Gasteiger partial charge in [0.1, 0.15) is 0 Å². The molecule has 0 saturated heterocycles. The van der Waals surface area contributed by atoms with Crippen LogP contribution in [0.1, 0.15) is 49.5 Å². The molecule has 0 saturated carbocycles. The highest BCUT2D eigenvalue weighted by atomic mass is 35.5. The van der Waals surface area contributed by atoms with E-state index in [9.17, 15) is 21.6 Å². The van der Waals surface area contributed by atoms with E-state index in [0.29, 0.717) is 24.8 Å². The van der Waals surface area contributed by atoms with Crippen LogP contribution in [0, 0.1) is 0 Å². The summed E-state index contributed by atoms with van der Waals surface area (Å²) in [6.07, 6.45) is 2.03. The van der Waals surface area contributed by atoms with Crippen molar-refractivity contribution >= 4 is 36.5 Å². The van der Waals surface area contributed by atoms with Crippen LogP contribution in [-0.2, 0) is 26.1 Å². The van der Waals surface area contributed by atoms with E-state index in [1.54, 1.807) is 20.8 Å². The molecule has 0 radical (unpaired) electrons. The summed E-state index contributed by atoms with van der Waals surface area (Å²) >= 11 is 5.51. The molecule has 0 fully saturated rings. The largest absolute Gasteiger partial charge is 0.276 e. The molecule has 1 aromatic rings. The van der Waals surface area contributed by atoms with E-state index in [-0.39, 0.29) is 15.4 Å². The predicted molar refractivity (Wildman–Crippen MR) is 90.7 cm³/mol. The summed E-state index contributed by atoms with van der Waals surface area (Å²) in [5.74, 6) is 0. The Morgan fingerprint density at radius 3 is 1.91 bits per heavy atom. The van der Waals surface area contributed by atoms with Crippen LogP contribution in [0.5, 0.6) is 0 Å². The number of halogens is 1. The van der Waals surface area contributed by atoms with E-state index < -0.39 is 30.2 Å². The summed E-state index contributed by atoms with van der Waals surface area (Å²) < 4.78 is 49.8. The third kappa shape index (κ3) is 4.14. The van der Waals surface area contributed by atoms with Gasteiger partial charge in [-0.15, -0.1) is 0 Å². The van der Waals surface area contributed by atoms with E-state index >= 15 is 0 Å². The predicted octanol–water partition coefficient (Wildman–Crippen LogP) is 2.99. The first-order chi connectivity index (χ1) is 10.5. The Morgan fingerprint density at radius 1 is 1.04 bits per heavy atom. The van der Waals surface area contributed by atoms with E-state index in [2.05, 4.69) is 0 Å². The molecule has 0 heterocycles. The molecule has 23 heavy (non-hydrogen) atoms. The van der Waals surface area contributed by atoms with Crippen molar-refractivity contribution in [3.8, 4) is 0 Å². The fourth-order valence-corrected chi connectivity index (χ4v) is 6.11. The summed E-state index contributed by atoms with van der Waals surface area (Å²) in [6.45, 7) is 5.22. The minimum atomic E-state index is -3.84. The standard InChI is InChI=1S/C15H21ClO5S2/c1-5-10-8-14(23(20,21)11(6-2)7-3)13(22(4,18)19)9-12(10)15(16)17/h8-9,11H,5-7H2,1-4H3. The molecule has 0 aliphatic rings.